The average molecular weight is 246 g/mol. The van der Waals surface area contributed by atoms with Gasteiger partial charge in [-0.05, 0) is 31.7 Å². The quantitative estimate of drug-likeness (QED) is 0.886. The molecule has 1 aromatic heterocycles. The van der Waals surface area contributed by atoms with Crippen LogP contribution in [0.1, 0.15) is 56.6 Å². The number of rotatable bonds is 4. The molecular formula is C15H22N2O. The lowest BCUT2D eigenvalue weighted by molar-refractivity contribution is 0.345. The van der Waals surface area contributed by atoms with Crippen LogP contribution in [0.5, 0.6) is 0 Å². The van der Waals surface area contributed by atoms with Crippen molar-refractivity contribution in [3.8, 4) is 0 Å². The fraction of sp³-hybridized carbons (Fsp3) is 0.667. The Morgan fingerprint density at radius 2 is 1.94 bits per heavy atom. The Kier molecular flexibility index (Phi) is 3.50. The summed E-state index contributed by atoms with van der Waals surface area (Å²) in [7, 11) is 0. The van der Waals surface area contributed by atoms with Gasteiger partial charge in [-0.3, -0.25) is 4.79 Å². The lowest BCUT2D eigenvalue weighted by Gasteiger charge is -2.24. The fourth-order valence-electron chi connectivity index (χ4n) is 2.88. The van der Waals surface area contributed by atoms with Crippen LogP contribution in [0, 0.1) is 0 Å². The number of pyridine rings is 1. The highest BCUT2D eigenvalue weighted by molar-refractivity contribution is 5.11. The smallest absolute Gasteiger partial charge is 0.255 e. The molecule has 0 spiro atoms. The van der Waals surface area contributed by atoms with Gasteiger partial charge >= 0.3 is 0 Å². The Labute approximate surface area is 108 Å². The molecule has 2 aliphatic carbocycles. The second kappa shape index (κ2) is 5.27. The van der Waals surface area contributed by atoms with E-state index in [0.717, 1.165) is 12.1 Å². The molecule has 2 saturated carbocycles. The topological polar surface area (TPSA) is 34.0 Å². The molecule has 2 fully saturated rings. The van der Waals surface area contributed by atoms with Crippen LogP contribution in [-0.2, 0) is 6.54 Å². The normalized spacial score (nSPS) is 21.1. The lowest BCUT2D eigenvalue weighted by Crippen LogP contribution is -2.30. The maximum atomic E-state index is 12.4. The van der Waals surface area contributed by atoms with E-state index in [1.807, 2.05) is 22.9 Å². The Balaban J connectivity index is 1.76. The molecule has 1 heterocycles. The summed E-state index contributed by atoms with van der Waals surface area (Å²) in [6.07, 6.45) is 10.7. The molecule has 3 nitrogen and oxygen atoms in total. The van der Waals surface area contributed by atoms with Crippen molar-refractivity contribution in [3.05, 3.63) is 34.2 Å². The first-order valence-corrected chi connectivity index (χ1v) is 7.28. The summed E-state index contributed by atoms with van der Waals surface area (Å²) in [5.41, 5.74) is 1.15. The summed E-state index contributed by atoms with van der Waals surface area (Å²) in [6.45, 7) is 0.733. The van der Waals surface area contributed by atoms with Crippen LogP contribution in [0.25, 0.3) is 0 Å². The van der Waals surface area contributed by atoms with E-state index in [0.29, 0.717) is 12.1 Å². The summed E-state index contributed by atoms with van der Waals surface area (Å²) < 4.78 is 1.98. The lowest BCUT2D eigenvalue weighted by atomic mass is 9.95. The third-order valence-corrected chi connectivity index (χ3v) is 4.18. The van der Waals surface area contributed by atoms with Crippen molar-refractivity contribution < 1.29 is 0 Å². The molecule has 3 rings (SSSR count). The molecule has 1 aromatic rings. The minimum atomic E-state index is 0.220. The van der Waals surface area contributed by atoms with Crippen molar-refractivity contribution in [1.29, 1.82) is 0 Å². The van der Waals surface area contributed by atoms with Gasteiger partial charge in [-0.1, -0.05) is 25.3 Å². The maximum absolute atomic E-state index is 12.4. The van der Waals surface area contributed by atoms with E-state index in [-0.39, 0.29) is 5.56 Å². The SMILES string of the molecule is O=c1c(CNC2CC2)cccn1C1CCCCC1. The monoisotopic (exact) mass is 246 g/mol. The van der Waals surface area contributed by atoms with Crippen LogP contribution in [-0.4, -0.2) is 10.6 Å². The molecule has 1 N–H and O–H groups in total. The molecule has 0 amide bonds. The zero-order valence-electron chi connectivity index (χ0n) is 10.9. The molecule has 0 aromatic carbocycles. The van der Waals surface area contributed by atoms with Gasteiger partial charge in [0, 0.05) is 30.4 Å². The van der Waals surface area contributed by atoms with E-state index in [1.165, 1.54) is 44.9 Å². The highest BCUT2D eigenvalue weighted by Crippen LogP contribution is 2.26. The molecule has 0 bridgehead atoms. The number of aromatic nitrogens is 1. The number of hydrogen-bond donors (Lipinski definition) is 1. The Morgan fingerprint density at radius 3 is 2.67 bits per heavy atom. The van der Waals surface area contributed by atoms with Gasteiger partial charge in [-0.15, -0.1) is 0 Å². The average Bonchev–Trinajstić information content (AvgIpc) is 3.23. The molecule has 0 saturated heterocycles. The zero-order valence-corrected chi connectivity index (χ0v) is 10.9. The molecule has 98 valence electrons. The zero-order chi connectivity index (χ0) is 12.4. The predicted octanol–water partition coefficient (Wildman–Crippen LogP) is 2.61. The summed E-state index contributed by atoms with van der Waals surface area (Å²) in [4.78, 5) is 12.4. The van der Waals surface area contributed by atoms with Crippen LogP contribution in [0.2, 0.25) is 0 Å². The maximum Gasteiger partial charge on any atom is 0.255 e. The highest BCUT2D eigenvalue weighted by Gasteiger charge is 2.21. The minimum Gasteiger partial charge on any atom is -0.312 e. The molecule has 3 heteroatoms. The predicted molar refractivity (Wildman–Crippen MR) is 72.7 cm³/mol. The van der Waals surface area contributed by atoms with Gasteiger partial charge < -0.3 is 9.88 Å². The van der Waals surface area contributed by atoms with Gasteiger partial charge in [0.1, 0.15) is 0 Å². The van der Waals surface area contributed by atoms with E-state index in [4.69, 9.17) is 0 Å². The van der Waals surface area contributed by atoms with Crippen LogP contribution in [0.3, 0.4) is 0 Å². The van der Waals surface area contributed by atoms with E-state index in [2.05, 4.69) is 5.32 Å². The van der Waals surface area contributed by atoms with Crippen molar-refractivity contribution in [2.45, 2.75) is 63.6 Å². The molecule has 0 radical (unpaired) electrons. The van der Waals surface area contributed by atoms with Crippen molar-refractivity contribution in [3.63, 3.8) is 0 Å². The fourth-order valence-corrected chi connectivity index (χ4v) is 2.88. The van der Waals surface area contributed by atoms with Crippen LogP contribution in [0.15, 0.2) is 23.1 Å². The van der Waals surface area contributed by atoms with E-state index >= 15 is 0 Å². The van der Waals surface area contributed by atoms with Gasteiger partial charge in [-0.25, -0.2) is 0 Å². The first-order valence-electron chi connectivity index (χ1n) is 7.28. The van der Waals surface area contributed by atoms with Crippen molar-refractivity contribution >= 4 is 0 Å². The molecule has 0 aliphatic heterocycles. The molecule has 0 unspecified atom stereocenters. The second-order valence-corrected chi connectivity index (χ2v) is 5.69. The first kappa shape index (κ1) is 12.0. The third kappa shape index (κ3) is 2.66. The molecule has 2 aliphatic rings. The summed E-state index contributed by atoms with van der Waals surface area (Å²) in [6, 6.07) is 5.09. The molecule has 18 heavy (non-hydrogen) atoms. The van der Waals surface area contributed by atoms with Gasteiger partial charge in [-0.2, -0.15) is 0 Å². The van der Waals surface area contributed by atoms with E-state index in [9.17, 15) is 4.79 Å². The number of nitrogens with zero attached hydrogens (tertiary/aromatic N) is 1. The van der Waals surface area contributed by atoms with Crippen molar-refractivity contribution in [2.24, 2.45) is 0 Å². The van der Waals surface area contributed by atoms with Gasteiger partial charge in [0.15, 0.2) is 0 Å². The van der Waals surface area contributed by atoms with Crippen LogP contribution in [0.4, 0.5) is 0 Å². The van der Waals surface area contributed by atoms with Crippen molar-refractivity contribution in [1.82, 2.24) is 9.88 Å². The van der Waals surface area contributed by atoms with E-state index < -0.39 is 0 Å². The van der Waals surface area contributed by atoms with Crippen molar-refractivity contribution in [2.75, 3.05) is 0 Å². The van der Waals surface area contributed by atoms with E-state index in [1.54, 1.807) is 0 Å². The summed E-state index contributed by atoms with van der Waals surface area (Å²) >= 11 is 0. The summed E-state index contributed by atoms with van der Waals surface area (Å²) in [5, 5.41) is 3.43. The third-order valence-electron chi connectivity index (χ3n) is 4.18. The van der Waals surface area contributed by atoms with Crippen LogP contribution < -0.4 is 10.9 Å². The summed E-state index contributed by atoms with van der Waals surface area (Å²) in [5.74, 6) is 0. The first-order chi connectivity index (χ1) is 8.84. The highest BCUT2D eigenvalue weighted by atomic mass is 16.1. The standard InChI is InChI=1S/C15H22N2O/c18-15-12(11-16-13-8-9-13)5-4-10-17(15)14-6-2-1-3-7-14/h4-5,10,13-14,16H,1-3,6-9,11H2. The molecular weight excluding hydrogens is 224 g/mol. The molecule has 0 atom stereocenters. The van der Waals surface area contributed by atoms with Crippen LogP contribution >= 0.6 is 0 Å². The Bertz CT molecular complexity index is 456. The second-order valence-electron chi connectivity index (χ2n) is 5.69. The van der Waals surface area contributed by atoms with Gasteiger partial charge in [0.25, 0.3) is 5.56 Å². The Hall–Kier alpha value is -1.09. The number of nitrogens with one attached hydrogen (secondary N) is 1. The minimum absolute atomic E-state index is 0.220. The number of hydrogen-bond acceptors (Lipinski definition) is 2. The Morgan fingerprint density at radius 1 is 1.17 bits per heavy atom. The van der Waals surface area contributed by atoms with Gasteiger partial charge in [0.05, 0.1) is 0 Å². The largest absolute Gasteiger partial charge is 0.312 e. The van der Waals surface area contributed by atoms with Gasteiger partial charge in [0.2, 0.25) is 0 Å².